The average molecular weight is 246 g/mol. The second-order valence-corrected chi connectivity index (χ2v) is 6.99. The molecule has 3 fully saturated rings. The van der Waals surface area contributed by atoms with Crippen LogP contribution in [0.4, 0.5) is 0 Å². The van der Waals surface area contributed by atoms with E-state index < -0.39 is 0 Å². The van der Waals surface area contributed by atoms with Gasteiger partial charge in [-0.25, -0.2) is 0 Å². The topological polar surface area (TPSA) is 15.3 Å². The van der Waals surface area contributed by atoms with E-state index in [1.807, 2.05) is 0 Å². The molecule has 4 aliphatic rings. The molecule has 3 atom stereocenters. The number of hydrogen-bond donors (Lipinski definition) is 1. The lowest BCUT2D eigenvalue weighted by molar-refractivity contribution is 0.185. The van der Waals surface area contributed by atoms with Crippen LogP contribution in [-0.2, 0) is 0 Å². The Morgan fingerprint density at radius 2 is 1.83 bits per heavy atom. The number of likely N-dealkylation sites (tertiary alicyclic amines) is 1. The number of fused-ring (bicyclic) bond motifs is 2. The van der Waals surface area contributed by atoms with Crippen LogP contribution in [-0.4, -0.2) is 36.6 Å². The highest BCUT2D eigenvalue weighted by Gasteiger charge is 2.36. The van der Waals surface area contributed by atoms with Crippen LogP contribution >= 0.6 is 0 Å². The van der Waals surface area contributed by atoms with E-state index >= 15 is 0 Å². The van der Waals surface area contributed by atoms with Crippen LogP contribution < -0.4 is 5.32 Å². The minimum Gasteiger partial charge on any atom is -0.314 e. The molecule has 0 aromatic carbocycles. The number of allylic oxidation sites excluding steroid dienone is 2. The van der Waals surface area contributed by atoms with E-state index in [0.29, 0.717) is 0 Å². The first-order valence-corrected chi connectivity index (χ1v) is 8.04. The fourth-order valence-electron chi connectivity index (χ4n) is 4.36. The monoisotopic (exact) mass is 246 g/mol. The van der Waals surface area contributed by atoms with Crippen molar-refractivity contribution < 1.29 is 0 Å². The van der Waals surface area contributed by atoms with Crippen LogP contribution in [0.3, 0.4) is 0 Å². The number of piperidine rings is 1. The molecule has 1 aliphatic heterocycles. The molecule has 0 spiro atoms. The largest absolute Gasteiger partial charge is 0.314 e. The molecule has 3 aliphatic carbocycles. The molecule has 4 rings (SSSR count). The molecule has 100 valence electrons. The maximum Gasteiger partial charge on any atom is 0.00964 e. The van der Waals surface area contributed by atoms with Crippen LogP contribution in [0.2, 0.25) is 0 Å². The molecule has 0 aromatic heterocycles. The smallest absolute Gasteiger partial charge is 0.00964 e. The zero-order valence-electron chi connectivity index (χ0n) is 11.4. The van der Waals surface area contributed by atoms with Crippen molar-refractivity contribution in [1.29, 1.82) is 0 Å². The molecule has 18 heavy (non-hydrogen) atoms. The Kier molecular flexibility index (Phi) is 2.96. The summed E-state index contributed by atoms with van der Waals surface area (Å²) in [5, 5.41) is 3.87. The number of hydrogen-bond acceptors (Lipinski definition) is 2. The van der Waals surface area contributed by atoms with Gasteiger partial charge in [0.2, 0.25) is 0 Å². The second kappa shape index (κ2) is 4.64. The Labute approximate surface area is 111 Å². The summed E-state index contributed by atoms with van der Waals surface area (Å²) in [6, 6.07) is 1.78. The van der Waals surface area contributed by atoms with Crippen molar-refractivity contribution in [2.45, 2.75) is 50.6 Å². The molecule has 2 saturated carbocycles. The van der Waals surface area contributed by atoms with Gasteiger partial charge in [0, 0.05) is 12.1 Å². The third kappa shape index (κ3) is 2.25. The SMILES string of the molecule is C1=CC2CC1CC2CNC1CCN(C2CC2)CC1. The van der Waals surface area contributed by atoms with Gasteiger partial charge in [-0.3, -0.25) is 0 Å². The van der Waals surface area contributed by atoms with Gasteiger partial charge in [-0.2, -0.15) is 0 Å². The van der Waals surface area contributed by atoms with Crippen molar-refractivity contribution in [2.24, 2.45) is 17.8 Å². The minimum atomic E-state index is 0.808. The first-order valence-electron chi connectivity index (χ1n) is 8.04. The molecule has 1 saturated heterocycles. The average Bonchev–Trinajstić information content (AvgIpc) is 3.06. The highest BCUT2D eigenvalue weighted by atomic mass is 15.2. The number of rotatable bonds is 4. The molecular formula is C16H26N2. The molecule has 0 aromatic rings. The summed E-state index contributed by atoms with van der Waals surface area (Å²) in [6.45, 7) is 3.97. The molecule has 1 heterocycles. The summed E-state index contributed by atoms with van der Waals surface area (Å²) < 4.78 is 0. The standard InChI is InChI=1S/C16H26N2/c1-2-13-9-12(1)10-14(13)11-17-15-5-7-18(8-6-15)16-3-4-16/h1-2,12-17H,3-11H2. The molecule has 1 N–H and O–H groups in total. The van der Waals surface area contributed by atoms with Crippen molar-refractivity contribution in [3.8, 4) is 0 Å². The normalized spacial score (nSPS) is 40.8. The van der Waals surface area contributed by atoms with Crippen molar-refractivity contribution >= 4 is 0 Å². The zero-order valence-corrected chi connectivity index (χ0v) is 11.4. The van der Waals surface area contributed by atoms with Gasteiger partial charge in [-0.15, -0.1) is 0 Å². The second-order valence-electron chi connectivity index (χ2n) is 6.99. The lowest BCUT2D eigenvalue weighted by atomic mass is 9.93. The highest BCUT2D eigenvalue weighted by Crippen LogP contribution is 2.43. The van der Waals surface area contributed by atoms with Gasteiger partial charge in [-0.1, -0.05) is 12.2 Å². The summed E-state index contributed by atoms with van der Waals surface area (Å²) in [7, 11) is 0. The van der Waals surface area contributed by atoms with Crippen molar-refractivity contribution in [1.82, 2.24) is 10.2 Å². The van der Waals surface area contributed by atoms with E-state index in [1.165, 1.54) is 58.2 Å². The van der Waals surface area contributed by atoms with Gasteiger partial charge in [0.1, 0.15) is 0 Å². The third-order valence-corrected chi connectivity index (χ3v) is 5.68. The van der Waals surface area contributed by atoms with Crippen LogP contribution in [0.1, 0.15) is 38.5 Å². The predicted octanol–water partition coefficient (Wildman–Crippen LogP) is 2.42. The maximum atomic E-state index is 3.87. The first kappa shape index (κ1) is 11.5. The minimum absolute atomic E-state index is 0.808. The van der Waals surface area contributed by atoms with Crippen LogP contribution in [0.15, 0.2) is 12.2 Å². The molecule has 0 amide bonds. The predicted molar refractivity (Wildman–Crippen MR) is 74.5 cm³/mol. The van der Waals surface area contributed by atoms with E-state index in [-0.39, 0.29) is 0 Å². The summed E-state index contributed by atoms with van der Waals surface area (Å²) in [4.78, 5) is 2.72. The Morgan fingerprint density at radius 3 is 2.44 bits per heavy atom. The van der Waals surface area contributed by atoms with E-state index in [1.54, 1.807) is 0 Å². The quantitative estimate of drug-likeness (QED) is 0.766. The van der Waals surface area contributed by atoms with Crippen LogP contribution in [0.5, 0.6) is 0 Å². The van der Waals surface area contributed by atoms with Gasteiger partial charge in [-0.05, 0) is 75.9 Å². The third-order valence-electron chi connectivity index (χ3n) is 5.68. The Balaban J connectivity index is 1.21. The van der Waals surface area contributed by atoms with Crippen molar-refractivity contribution in [3.63, 3.8) is 0 Å². The number of nitrogens with zero attached hydrogens (tertiary/aromatic N) is 1. The highest BCUT2D eigenvalue weighted by molar-refractivity contribution is 5.10. The fraction of sp³-hybridized carbons (Fsp3) is 0.875. The summed E-state index contributed by atoms with van der Waals surface area (Å²) in [5.41, 5.74) is 0. The van der Waals surface area contributed by atoms with Crippen LogP contribution in [0.25, 0.3) is 0 Å². The van der Waals surface area contributed by atoms with Gasteiger partial charge in [0.25, 0.3) is 0 Å². The fourth-order valence-corrected chi connectivity index (χ4v) is 4.36. The Hall–Kier alpha value is -0.340. The van der Waals surface area contributed by atoms with Gasteiger partial charge in [0.05, 0.1) is 0 Å². The molecule has 2 heteroatoms. The molecule has 0 radical (unpaired) electrons. The van der Waals surface area contributed by atoms with Crippen molar-refractivity contribution in [2.75, 3.05) is 19.6 Å². The molecular weight excluding hydrogens is 220 g/mol. The zero-order chi connectivity index (χ0) is 11.9. The van der Waals surface area contributed by atoms with Gasteiger partial charge >= 0.3 is 0 Å². The van der Waals surface area contributed by atoms with Gasteiger partial charge in [0.15, 0.2) is 0 Å². The molecule has 2 nitrogen and oxygen atoms in total. The van der Waals surface area contributed by atoms with E-state index in [2.05, 4.69) is 22.4 Å². The molecule has 2 bridgehead atoms. The Morgan fingerprint density at radius 1 is 1.00 bits per heavy atom. The summed E-state index contributed by atoms with van der Waals surface area (Å²) in [6.07, 6.45) is 13.5. The van der Waals surface area contributed by atoms with Crippen molar-refractivity contribution in [3.05, 3.63) is 12.2 Å². The number of nitrogens with one attached hydrogen (secondary N) is 1. The first-order chi connectivity index (χ1) is 8.88. The van der Waals surface area contributed by atoms with E-state index in [0.717, 1.165) is 29.8 Å². The van der Waals surface area contributed by atoms with E-state index in [4.69, 9.17) is 0 Å². The lowest BCUT2D eigenvalue weighted by Crippen LogP contribution is -2.44. The molecule has 3 unspecified atom stereocenters. The van der Waals surface area contributed by atoms with Gasteiger partial charge < -0.3 is 10.2 Å². The summed E-state index contributed by atoms with van der Waals surface area (Å²) >= 11 is 0. The Bertz CT molecular complexity index is 326. The maximum absolute atomic E-state index is 3.87. The van der Waals surface area contributed by atoms with Crippen LogP contribution in [0, 0.1) is 17.8 Å². The lowest BCUT2D eigenvalue weighted by Gasteiger charge is -2.33. The van der Waals surface area contributed by atoms with E-state index in [9.17, 15) is 0 Å². The summed E-state index contributed by atoms with van der Waals surface area (Å²) in [5.74, 6) is 2.79.